The van der Waals surface area contributed by atoms with Crippen molar-refractivity contribution >= 4 is 11.6 Å². The second-order valence-electron chi connectivity index (χ2n) is 6.52. The molecule has 2 heterocycles. The van der Waals surface area contributed by atoms with Crippen LogP contribution in [0.3, 0.4) is 0 Å². The van der Waals surface area contributed by atoms with E-state index in [1.54, 1.807) is 4.58 Å². The lowest BCUT2D eigenvalue weighted by atomic mass is 9.95. The number of aliphatic hydroxyl groups excluding tert-OH is 1. The summed E-state index contributed by atoms with van der Waals surface area (Å²) in [4.78, 5) is 13.0. The molecule has 4 heteroatoms. The monoisotopic (exact) mass is 334 g/mol. The van der Waals surface area contributed by atoms with Crippen molar-refractivity contribution in [3.8, 4) is 0 Å². The Balaban J connectivity index is 1.88. The number of carbonyl (C=O) groups excluding carboxylic acids is 1. The average Bonchev–Trinajstić information content (AvgIpc) is 2.62. The maximum absolute atomic E-state index is 13.0. The van der Waals surface area contributed by atoms with Crippen LogP contribution in [0.25, 0.3) is 0 Å². The van der Waals surface area contributed by atoms with Crippen molar-refractivity contribution in [2.45, 2.75) is 32.6 Å². The van der Waals surface area contributed by atoms with Crippen LogP contribution in [0.4, 0.5) is 0 Å². The van der Waals surface area contributed by atoms with Crippen LogP contribution in [0, 0.1) is 0 Å². The lowest BCUT2D eigenvalue weighted by Crippen LogP contribution is -2.32. The first-order valence-corrected chi connectivity index (χ1v) is 8.54. The number of ether oxygens (including phenoxy) is 1. The number of benzene rings is 1. The van der Waals surface area contributed by atoms with Gasteiger partial charge in [-0.15, -0.1) is 4.58 Å². The summed E-state index contributed by atoms with van der Waals surface area (Å²) >= 11 is 0. The molecule has 3 aliphatic rings. The van der Waals surface area contributed by atoms with E-state index in [4.69, 9.17) is 4.74 Å². The molecule has 1 aromatic rings. The van der Waals surface area contributed by atoms with Gasteiger partial charge in [0.2, 0.25) is 5.76 Å². The molecule has 0 radical (unpaired) electrons. The lowest BCUT2D eigenvalue weighted by molar-refractivity contribution is -0.403. The molecular weight excluding hydrogens is 314 g/mol. The van der Waals surface area contributed by atoms with Crippen LogP contribution in [0.5, 0.6) is 0 Å². The summed E-state index contributed by atoms with van der Waals surface area (Å²) in [6.07, 6.45) is 9.54. The number of hydrogen-bond donors (Lipinski definition) is 1. The Bertz CT molecular complexity index is 913. The highest BCUT2D eigenvalue weighted by Gasteiger charge is 2.37. The van der Waals surface area contributed by atoms with Crippen molar-refractivity contribution in [2.24, 2.45) is 0 Å². The van der Waals surface area contributed by atoms with Gasteiger partial charge in [-0.25, -0.2) is 4.79 Å². The smallest absolute Gasteiger partial charge is 0.393 e. The predicted molar refractivity (Wildman–Crippen MR) is 95.1 cm³/mol. The van der Waals surface area contributed by atoms with Gasteiger partial charge in [0.05, 0.1) is 18.4 Å². The van der Waals surface area contributed by atoms with Gasteiger partial charge in [0, 0.05) is 13.3 Å². The molecule has 0 bridgehead atoms. The summed E-state index contributed by atoms with van der Waals surface area (Å²) in [6, 6.07) is 8.24. The summed E-state index contributed by atoms with van der Waals surface area (Å²) in [5, 5.41) is 10.5. The Morgan fingerprint density at radius 1 is 1.16 bits per heavy atom. The third kappa shape index (κ3) is 2.74. The number of allylic oxidation sites excluding steroid dienone is 4. The molecule has 4 nitrogen and oxygen atoms in total. The molecule has 126 valence electrons. The number of aryl methyl sites for hydroxylation is 1. The summed E-state index contributed by atoms with van der Waals surface area (Å²) in [6.45, 7) is 1.96. The summed E-state index contributed by atoms with van der Waals surface area (Å²) in [5.74, 6) is 0.702. The maximum atomic E-state index is 13.0. The fourth-order valence-electron chi connectivity index (χ4n) is 3.66. The van der Waals surface area contributed by atoms with Gasteiger partial charge in [-0.05, 0) is 23.6 Å². The first-order chi connectivity index (χ1) is 12.1. The van der Waals surface area contributed by atoms with Crippen LogP contribution in [0.2, 0.25) is 0 Å². The number of aliphatic hydroxyl groups is 1. The molecule has 1 aliphatic carbocycles. The van der Waals surface area contributed by atoms with E-state index < -0.39 is 0 Å². The molecule has 0 atom stereocenters. The molecule has 4 rings (SSSR count). The third-order valence-electron chi connectivity index (χ3n) is 4.86. The molecule has 2 aliphatic heterocycles. The molecular formula is C21H20NO3+. The molecule has 0 saturated carbocycles. The van der Waals surface area contributed by atoms with Crippen LogP contribution in [-0.2, 0) is 22.4 Å². The van der Waals surface area contributed by atoms with Gasteiger partial charge in [0.15, 0.2) is 5.71 Å². The summed E-state index contributed by atoms with van der Waals surface area (Å²) in [5.41, 5.74) is 4.78. The second kappa shape index (κ2) is 6.20. The van der Waals surface area contributed by atoms with Gasteiger partial charge in [-0.2, -0.15) is 0 Å². The number of nitrogens with zero attached hydrogens (tertiary/aromatic N) is 1. The van der Waals surface area contributed by atoms with Gasteiger partial charge in [-0.3, -0.25) is 0 Å². The zero-order valence-corrected chi connectivity index (χ0v) is 14.2. The minimum Gasteiger partial charge on any atom is -0.500 e. The summed E-state index contributed by atoms with van der Waals surface area (Å²) < 4.78 is 7.18. The highest BCUT2D eigenvalue weighted by Crippen LogP contribution is 2.33. The molecule has 1 N–H and O–H groups in total. The van der Waals surface area contributed by atoms with Crippen molar-refractivity contribution in [2.75, 3.05) is 0 Å². The molecule has 0 aromatic heterocycles. The SMILES string of the molecule is C/C1=[N+](\C2=C3CC=CC=C3OC=C2O)C(=O)CCc2ccccc2C1. The van der Waals surface area contributed by atoms with E-state index >= 15 is 0 Å². The fraction of sp³-hybridized carbons (Fsp3) is 0.238. The number of hydrogen-bond acceptors (Lipinski definition) is 3. The first kappa shape index (κ1) is 15.6. The standard InChI is InChI=1S/C21H19NO3/c1-14-12-16-7-3-2-6-15(16)10-11-20(24)22(14)21-17-8-4-5-9-19(17)25-13-18(21)23/h2-7,9,13H,8,10-12H2,1H3/p+1/b22-14+. The lowest BCUT2D eigenvalue weighted by Gasteiger charge is -2.21. The van der Waals surface area contributed by atoms with Crippen molar-refractivity contribution in [3.05, 3.63) is 82.7 Å². The highest BCUT2D eigenvalue weighted by molar-refractivity contribution is 5.87. The largest absolute Gasteiger partial charge is 0.500 e. The number of fused-ring (bicyclic) bond motifs is 2. The van der Waals surface area contributed by atoms with Crippen LogP contribution in [0.15, 0.2) is 71.5 Å². The Labute approximate surface area is 146 Å². The van der Waals surface area contributed by atoms with Crippen LogP contribution in [-0.4, -0.2) is 21.3 Å². The van der Waals surface area contributed by atoms with Crippen LogP contribution < -0.4 is 0 Å². The number of rotatable bonds is 1. The summed E-state index contributed by atoms with van der Waals surface area (Å²) in [7, 11) is 0. The third-order valence-corrected chi connectivity index (χ3v) is 4.86. The van der Waals surface area contributed by atoms with Crippen LogP contribution in [0.1, 0.15) is 30.9 Å². The van der Waals surface area contributed by atoms with Gasteiger partial charge in [0.1, 0.15) is 12.0 Å². The molecule has 0 spiro atoms. The van der Waals surface area contributed by atoms with E-state index in [2.05, 4.69) is 12.1 Å². The molecule has 1 amide bonds. The van der Waals surface area contributed by atoms with Gasteiger partial charge >= 0.3 is 5.91 Å². The van der Waals surface area contributed by atoms with E-state index in [0.717, 1.165) is 11.3 Å². The van der Waals surface area contributed by atoms with Gasteiger partial charge < -0.3 is 9.84 Å². The molecule has 0 fully saturated rings. The Morgan fingerprint density at radius 2 is 1.96 bits per heavy atom. The minimum absolute atomic E-state index is 0.00371. The predicted octanol–water partition coefficient (Wildman–Crippen LogP) is 3.70. The van der Waals surface area contributed by atoms with Gasteiger partial charge in [0.25, 0.3) is 5.70 Å². The second-order valence-corrected chi connectivity index (χ2v) is 6.52. The number of amides is 1. The van der Waals surface area contributed by atoms with E-state index in [1.165, 1.54) is 17.4 Å². The zero-order chi connectivity index (χ0) is 17.4. The topological polar surface area (TPSA) is 49.5 Å². The molecule has 25 heavy (non-hydrogen) atoms. The fourth-order valence-corrected chi connectivity index (χ4v) is 3.66. The highest BCUT2D eigenvalue weighted by atomic mass is 16.5. The van der Waals surface area contributed by atoms with Crippen molar-refractivity contribution < 1.29 is 19.2 Å². The number of carbonyl (C=O) groups is 1. The van der Waals surface area contributed by atoms with Crippen molar-refractivity contribution in [3.63, 3.8) is 0 Å². The van der Waals surface area contributed by atoms with Crippen molar-refractivity contribution in [1.82, 2.24) is 0 Å². The Kier molecular flexibility index (Phi) is 3.88. The Hall–Kier alpha value is -2.88. The first-order valence-electron chi connectivity index (χ1n) is 8.54. The molecule has 0 unspecified atom stereocenters. The molecule has 1 aromatic carbocycles. The van der Waals surface area contributed by atoms with E-state index in [9.17, 15) is 9.90 Å². The zero-order valence-electron chi connectivity index (χ0n) is 14.2. The van der Waals surface area contributed by atoms with E-state index in [-0.39, 0.29) is 11.7 Å². The van der Waals surface area contributed by atoms with Crippen molar-refractivity contribution in [1.29, 1.82) is 0 Å². The van der Waals surface area contributed by atoms with Crippen LogP contribution >= 0.6 is 0 Å². The van der Waals surface area contributed by atoms with E-state index in [0.29, 0.717) is 37.1 Å². The van der Waals surface area contributed by atoms with E-state index in [1.807, 2.05) is 37.3 Å². The average molecular weight is 334 g/mol. The normalized spacial score (nSPS) is 23.0. The molecule has 0 saturated heterocycles. The van der Waals surface area contributed by atoms with Gasteiger partial charge in [-0.1, -0.05) is 36.4 Å². The minimum atomic E-state index is 0.00371. The quantitative estimate of drug-likeness (QED) is 0.797. The Morgan fingerprint density at radius 3 is 2.80 bits per heavy atom. The maximum Gasteiger partial charge on any atom is 0.393 e.